The summed E-state index contributed by atoms with van der Waals surface area (Å²) in [6.45, 7) is 3.04. The summed E-state index contributed by atoms with van der Waals surface area (Å²) in [7, 11) is -1.39. The molecular formula is C16H25N3O4S. The van der Waals surface area contributed by atoms with Gasteiger partial charge in [0.25, 0.3) is 5.91 Å². The van der Waals surface area contributed by atoms with E-state index in [1.807, 2.05) is 0 Å². The molecule has 0 spiro atoms. The second-order valence-corrected chi connectivity index (χ2v) is 8.25. The van der Waals surface area contributed by atoms with E-state index >= 15 is 0 Å². The number of carbonyl (C=O) groups excluding carboxylic acids is 1. The second-order valence-electron chi connectivity index (χ2n) is 6.00. The number of likely N-dealkylation sites (tertiary alicyclic amines) is 1. The fourth-order valence-electron chi connectivity index (χ4n) is 2.81. The third kappa shape index (κ3) is 4.46. The van der Waals surface area contributed by atoms with Gasteiger partial charge in [0.1, 0.15) is 0 Å². The maximum Gasteiger partial charge on any atom is 0.274 e. The van der Waals surface area contributed by atoms with Gasteiger partial charge in [0, 0.05) is 11.6 Å². The van der Waals surface area contributed by atoms with Crippen molar-refractivity contribution in [2.75, 3.05) is 31.7 Å². The highest BCUT2D eigenvalue weighted by Crippen LogP contribution is 2.21. The summed E-state index contributed by atoms with van der Waals surface area (Å²) in [6, 6.07) is 4.68. The lowest BCUT2D eigenvalue weighted by molar-refractivity contribution is 0.0250. The minimum absolute atomic E-state index is 0.0229. The molecule has 0 aromatic heterocycles. The number of hydrogen-bond donors (Lipinski definition) is 2. The largest absolute Gasteiger partial charge is 0.398 e. The molecule has 0 bridgehead atoms. The van der Waals surface area contributed by atoms with Gasteiger partial charge >= 0.3 is 0 Å². The number of benzene rings is 1. The first-order valence-corrected chi connectivity index (χ1v) is 9.75. The molecule has 1 heterocycles. The van der Waals surface area contributed by atoms with Gasteiger partial charge in [-0.15, -0.1) is 0 Å². The van der Waals surface area contributed by atoms with Crippen molar-refractivity contribution in [2.45, 2.75) is 37.1 Å². The number of nitrogens with one attached hydrogen (secondary N) is 1. The van der Waals surface area contributed by atoms with E-state index < -0.39 is 15.7 Å². The number of nitrogen functional groups attached to an aromatic ring is 1. The van der Waals surface area contributed by atoms with Crippen molar-refractivity contribution < 1.29 is 18.0 Å². The van der Waals surface area contributed by atoms with E-state index in [0.29, 0.717) is 12.6 Å². The Balaban J connectivity index is 1.91. The zero-order chi connectivity index (χ0) is 17.7. The van der Waals surface area contributed by atoms with Crippen molar-refractivity contribution in [3.05, 3.63) is 23.8 Å². The van der Waals surface area contributed by atoms with Crippen LogP contribution in [-0.4, -0.2) is 51.2 Å². The normalized spacial score (nSPS) is 18.7. The first-order valence-electron chi connectivity index (χ1n) is 8.10. The molecule has 0 radical (unpaired) electrons. The quantitative estimate of drug-likeness (QED) is 0.433. The predicted molar refractivity (Wildman–Crippen MR) is 92.3 cm³/mol. The van der Waals surface area contributed by atoms with Gasteiger partial charge in [0.2, 0.25) is 0 Å². The molecule has 1 aromatic rings. The number of sulfone groups is 1. The molecule has 8 heteroatoms. The number of nitrogens with zero attached hydrogens (tertiary/aromatic N) is 1. The Labute approximate surface area is 143 Å². The topological polar surface area (TPSA) is 102 Å². The van der Waals surface area contributed by atoms with Crippen LogP contribution in [0.2, 0.25) is 0 Å². The molecular weight excluding hydrogens is 330 g/mol. The lowest BCUT2D eigenvalue weighted by Gasteiger charge is -2.18. The monoisotopic (exact) mass is 355 g/mol. The van der Waals surface area contributed by atoms with Gasteiger partial charge in [-0.05, 0) is 51.1 Å². The van der Waals surface area contributed by atoms with Crippen LogP contribution in [0.3, 0.4) is 0 Å². The van der Waals surface area contributed by atoms with Crippen molar-refractivity contribution in [2.24, 2.45) is 0 Å². The second kappa shape index (κ2) is 7.96. The standard InChI is InChI=1S/C16H25N3O4S/c1-3-24(21,22)15-11-12(6-7-14(15)17)16(20)18-23-10-8-13-5-4-9-19(13)2/h6-7,11,13H,3-5,8-10,17H2,1-2H3,(H,18,20). The van der Waals surface area contributed by atoms with E-state index in [4.69, 9.17) is 10.6 Å². The fourth-order valence-corrected chi connectivity index (χ4v) is 3.86. The van der Waals surface area contributed by atoms with Gasteiger partial charge < -0.3 is 10.6 Å². The number of hydrogen-bond acceptors (Lipinski definition) is 6. The number of rotatable bonds is 7. The molecule has 24 heavy (non-hydrogen) atoms. The average Bonchev–Trinajstić information content (AvgIpc) is 2.96. The van der Waals surface area contributed by atoms with E-state index in [0.717, 1.165) is 19.4 Å². The Hall–Kier alpha value is -1.64. The molecule has 2 rings (SSSR count). The molecule has 0 saturated carbocycles. The molecule has 7 nitrogen and oxygen atoms in total. The van der Waals surface area contributed by atoms with Crippen LogP contribution in [0.25, 0.3) is 0 Å². The van der Waals surface area contributed by atoms with Gasteiger partial charge in [-0.2, -0.15) is 0 Å². The van der Waals surface area contributed by atoms with E-state index in [2.05, 4.69) is 17.4 Å². The molecule has 1 aliphatic heterocycles. The fraction of sp³-hybridized carbons (Fsp3) is 0.562. The average molecular weight is 355 g/mol. The van der Waals surface area contributed by atoms with Gasteiger partial charge in [0.15, 0.2) is 9.84 Å². The molecule has 1 atom stereocenters. The smallest absolute Gasteiger partial charge is 0.274 e. The van der Waals surface area contributed by atoms with E-state index in [-0.39, 0.29) is 21.9 Å². The highest BCUT2D eigenvalue weighted by Gasteiger charge is 2.21. The highest BCUT2D eigenvalue weighted by molar-refractivity contribution is 7.91. The minimum atomic E-state index is -3.48. The highest BCUT2D eigenvalue weighted by atomic mass is 32.2. The molecule has 1 unspecified atom stereocenters. The summed E-state index contributed by atoms with van der Waals surface area (Å²) < 4.78 is 24.0. The van der Waals surface area contributed by atoms with Gasteiger partial charge in [-0.25, -0.2) is 13.9 Å². The Bertz CT molecular complexity index is 691. The lowest BCUT2D eigenvalue weighted by Crippen LogP contribution is -2.29. The van der Waals surface area contributed by atoms with Gasteiger partial charge in [-0.3, -0.25) is 9.63 Å². The number of hydroxylamine groups is 1. The van der Waals surface area contributed by atoms with Crippen molar-refractivity contribution in [1.29, 1.82) is 0 Å². The number of anilines is 1. The molecule has 1 amide bonds. The van der Waals surface area contributed by atoms with Crippen LogP contribution in [0.1, 0.15) is 36.5 Å². The molecule has 0 aliphatic carbocycles. The molecule has 1 aliphatic rings. The molecule has 134 valence electrons. The van der Waals surface area contributed by atoms with E-state index in [1.165, 1.54) is 31.5 Å². The van der Waals surface area contributed by atoms with Crippen molar-refractivity contribution in [3.8, 4) is 0 Å². The van der Waals surface area contributed by atoms with E-state index in [9.17, 15) is 13.2 Å². The molecule has 3 N–H and O–H groups in total. The number of carbonyl (C=O) groups is 1. The lowest BCUT2D eigenvalue weighted by atomic mass is 10.2. The summed E-state index contributed by atoms with van der Waals surface area (Å²) in [4.78, 5) is 19.6. The molecule has 1 saturated heterocycles. The summed E-state index contributed by atoms with van der Waals surface area (Å²) in [5, 5.41) is 0. The van der Waals surface area contributed by atoms with E-state index in [1.54, 1.807) is 0 Å². The molecule has 1 fully saturated rings. The first kappa shape index (κ1) is 18.7. The van der Waals surface area contributed by atoms with Crippen molar-refractivity contribution in [3.63, 3.8) is 0 Å². The van der Waals surface area contributed by atoms with Crippen LogP contribution >= 0.6 is 0 Å². The number of nitrogens with two attached hydrogens (primary N) is 1. The summed E-state index contributed by atoms with van der Waals surface area (Å²) in [5.41, 5.74) is 8.41. The minimum Gasteiger partial charge on any atom is -0.398 e. The SMILES string of the molecule is CCS(=O)(=O)c1cc(C(=O)NOCCC2CCCN2C)ccc1N. The predicted octanol–water partition coefficient (Wildman–Crippen LogP) is 1.21. The zero-order valence-electron chi connectivity index (χ0n) is 14.1. The third-order valence-electron chi connectivity index (χ3n) is 4.38. The Kier molecular flexibility index (Phi) is 6.20. The van der Waals surface area contributed by atoms with Crippen LogP contribution in [0, 0.1) is 0 Å². The Morgan fingerprint density at radius 1 is 1.46 bits per heavy atom. The van der Waals surface area contributed by atoms with Crippen molar-refractivity contribution >= 4 is 21.4 Å². The molecule has 1 aromatic carbocycles. The van der Waals surface area contributed by atoms with Crippen LogP contribution in [-0.2, 0) is 14.7 Å². The Morgan fingerprint density at radius 3 is 2.83 bits per heavy atom. The first-order chi connectivity index (χ1) is 11.3. The zero-order valence-corrected chi connectivity index (χ0v) is 14.9. The summed E-state index contributed by atoms with van der Waals surface area (Å²) in [5.74, 6) is -0.560. The van der Waals surface area contributed by atoms with Crippen LogP contribution in [0.4, 0.5) is 5.69 Å². The number of amides is 1. The summed E-state index contributed by atoms with van der Waals surface area (Å²) >= 11 is 0. The maximum atomic E-state index is 12.1. The van der Waals surface area contributed by atoms with Gasteiger partial charge in [0.05, 0.1) is 22.9 Å². The van der Waals surface area contributed by atoms with Crippen LogP contribution < -0.4 is 11.2 Å². The van der Waals surface area contributed by atoms with Crippen LogP contribution in [0.15, 0.2) is 23.1 Å². The van der Waals surface area contributed by atoms with Crippen LogP contribution in [0.5, 0.6) is 0 Å². The maximum absolute atomic E-state index is 12.1. The Morgan fingerprint density at radius 2 is 2.21 bits per heavy atom. The third-order valence-corrected chi connectivity index (χ3v) is 6.16. The summed E-state index contributed by atoms with van der Waals surface area (Å²) in [6.07, 6.45) is 3.17. The van der Waals surface area contributed by atoms with Gasteiger partial charge in [-0.1, -0.05) is 6.92 Å². The van der Waals surface area contributed by atoms with Crippen molar-refractivity contribution in [1.82, 2.24) is 10.4 Å².